The standard InChI is InChI=1S/C5H10N2O4S/c8-5(7-9)6-4-1-2-12(10,11)3-4/h4,9H,1-3H2,(H2,6,7,8). The maximum Gasteiger partial charge on any atom is 0.338 e. The fourth-order valence-electron chi connectivity index (χ4n) is 1.13. The SMILES string of the molecule is O=C(NO)NC1CCS(=O)(=O)C1. The van der Waals surface area contributed by atoms with Crippen LogP contribution in [0.4, 0.5) is 4.79 Å². The van der Waals surface area contributed by atoms with E-state index in [0.29, 0.717) is 6.42 Å². The number of urea groups is 1. The molecular weight excluding hydrogens is 184 g/mol. The van der Waals surface area contributed by atoms with Crippen LogP contribution in [0, 0.1) is 0 Å². The van der Waals surface area contributed by atoms with Crippen LogP contribution in [0.5, 0.6) is 0 Å². The molecule has 12 heavy (non-hydrogen) atoms. The summed E-state index contributed by atoms with van der Waals surface area (Å²) in [6.45, 7) is 0. The zero-order chi connectivity index (χ0) is 9.19. The van der Waals surface area contributed by atoms with Gasteiger partial charge in [-0.1, -0.05) is 0 Å². The van der Waals surface area contributed by atoms with Crippen LogP contribution >= 0.6 is 0 Å². The Morgan fingerprint density at radius 2 is 2.17 bits per heavy atom. The smallest absolute Gasteiger partial charge is 0.333 e. The molecule has 1 rings (SSSR count). The summed E-state index contributed by atoms with van der Waals surface area (Å²) in [5, 5.41) is 10.4. The van der Waals surface area contributed by atoms with Crippen molar-refractivity contribution in [3.63, 3.8) is 0 Å². The van der Waals surface area contributed by atoms with Crippen LogP contribution in [0.25, 0.3) is 0 Å². The van der Waals surface area contributed by atoms with E-state index < -0.39 is 15.9 Å². The molecule has 1 aliphatic rings. The molecule has 0 aromatic rings. The molecule has 1 atom stereocenters. The van der Waals surface area contributed by atoms with Crippen LogP contribution in [0.15, 0.2) is 0 Å². The fraction of sp³-hybridized carbons (Fsp3) is 0.800. The second-order valence-corrected chi connectivity index (χ2v) is 4.91. The average molecular weight is 194 g/mol. The number of amides is 2. The molecule has 0 aromatic carbocycles. The van der Waals surface area contributed by atoms with Gasteiger partial charge in [-0.2, -0.15) is 0 Å². The van der Waals surface area contributed by atoms with Crippen LogP contribution in [-0.2, 0) is 9.84 Å². The van der Waals surface area contributed by atoms with E-state index in [4.69, 9.17) is 5.21 Å². The number of carbonyl (C=O) groups excluding carboxylic acids is 1. The normalized spacial score (nSPS) is 26.6. The van der Waals surface area contributed by atoms with Crippen molar-refractivity contribution in [2.75, 3.05) is 11.5 Å². The highest BCUT2D eigenvalue weighted by molar-refractivity contribution is 7.91. The van der Waals surface area contributed by atoms with Gasteiger partial charge in [-0.3, -0.25) is 5.21 Å². The highest BCUT2D eigenvalue weighted by atomic mass is 32.2. The van der Waals surface area contributed by atoms with Crippen molar-refractivity contribution >= 4 is 15.9 Å². The first-order valence-corrected chi connectivity index (χ1v) is 5.26. The monoisotopic (exact) mass is 194 g/mol. The average Bonchev–Trinajstić information content (AvgIpc) is 2.30. The molecule has 1 fully saturated rings. The van der Waals surface area contributed by atoms with Gasteiger partial charge in [0.2, 0.25) is 0 Å². The molecular formula is C5H10N2O4S. The highest BCUT2D eigenvalue weighted by Crippen LogP contribution is 2.10. The van der Waals surface area contributed by atoms with E-state index in [0.717, 1.165) is 0 Å². The van der Waals surface area contributed by atoms with E-state index in [1.807, 2.05) is 0 Å². The van der Waals surface area contributed by atoms with E-state index in [1.165, 1.54) is 5.48 Å². The summed E-state index contributed by atoms with van der Waals surface area (Å²) in [4.78, 5) is 10.5. The Morgan fingerprint density at radius 1 is 1.50 bits per heavy atom. The van der Waals surface area contributed by atoms with Gasteiger partial charge in [0.05, 0.1) is 11.5 Å². The molecule has 3 N–H and O–H groups in total. The highest BCUT2D eigenvalue weighted by Gasteiger charge is 2.28. The quantitative estimate of drug-likeness (QED) is 0.363. The van der Waals surface area contributed by atoms with Crippen molar-refractivity contribution in [1.29, 1.82) is 0 Å². The first kappa shape index (κ1) is 9.27. The van der Waals surface area contributed by atoms with Gasteiger partial charge in [0.25, 0.3) is 0 Å². The molecule has 0 radical (unpaired) electrons. The second-order valence-electron chi connectivity index (χ2n) is 2.69. The Balaban J connectivity index is 2.43. The van der Waals surface area contributed by atoms with E-state index in [9.17, 15) is 13.2 Å². The summed E-state index contributed by atoms with van der Waals surface area (Å²) in [6, 6.07) is -1.14. The molecule has 1 saturated heterocycles. The second kappa shape index (κ2) is 3.28. The molecule has 6 nitrogen and oxygen atoms in total. The summed E-state index contributed by atoms with van der Waals surface area (Å²) in [6.07, 6.45) is 0.412. The first-order chi connectivity index (χ1) is 5.53. The number of rotatable bonds is 1. The predicted molar refractivity (Wildman–Crippen MR) is 40.5 cm³/mol. The lowest BCUT2D eigenvalue weighted by Gasteiger charge is -2.08. The predicted octanol–water partition coefficient (Wildman–Crippen LogP) is -1.14. The van der Waals surface area contributed by atoms with Gasteiger partial charge >= 0.3 is 6.03 Å². The lowest BCUT2D eigenvalue weighted by molar-refractivity contribution is 0.159. The zero-order valence-electron chi connectivity index (χ0n) is 6.28. The minimum Gasteiger partial charge on any atom is -0.333 e. The van der Waals surface area contributed by atoms with Crippen LogP contribution < -0.4 is 10.8 Å². The third-order valence-corrected chi connectivity index (χ3v) is 3.44. The molecule has 0 aliphatic carbocycles. The largest absolute Gasteiger partial charge is 0.338 e. The van der Waals surface area contributed by atoms with Gasteiger partial charge in [-0.25, -0.2) is 18.7 Å². The number of hydroxylamine groups is 1. The van der Waals surface area contributed by atoms with Gasteiger partial charge in [-0.05, 0) is 6.42 Å². The Bertz CT molecular complexity index is 273. The summed E-state index contributed by atoms with van der Waals surface area (Å²) in [7, 11) is -2.97. The summed E-state index contributed by atoms with van der Waals surface area (Å²) in [5.41, 5.74) is 1.37. The van der Waals surface area contributed by atoms with Crippen molar-refractivity contribution in [2.24, 2.45) is 0 Å². The number of nitrogens with one attached hydrogen (secondary N) is 2. The Labute approximate surface area is 69.8 Å². The molecule has 1 heterocycles. The Kier molecular flexibility index (Phi) is 2.53. The van der Waals surface area contributed by atoms with Crippen molar-refractivity contribution < 1.29 is 18.4 Å². The lowest BCUT2D eigenvalue weighted by Crippen LogP contribution is -2.41. The Hall–Kier alpha value is -0.820. The number of hydrogen-bond acceptors (Lipinski definition) is 4. The summed E-state index contributed by atoms with van der Waals surface area (Å²) >= 11 is 0. The van der Waals surface area contributed by atoms with E-state index in [1.54, 1.807) is 0 Å². The molecule has 0 aromatic heterocycles. The molecule has 2 amide bonds. The number of carbonyl (C=O) groups is 1. The van der Waals surface area contributed by atoms with Crippen molar-refractivity contribution in [3.8, 4) is 0 Å². The van der Waals surface area contributed by atoms with E-state index in [2.05, 4.69) is 5.32 Å². The van der Waals surface area contributed by atoms with Crippen molar-refractivity contribution in [1.82, 2.24) is 10.8 Å². The molecule has 0 spiro atoms. The fourth-order valence-corrected chi connectivity index (χ4v) is 2.80. The van der Waals surface area contributed by atoms with Crippen LogP contribution in [-0.4, -0.2) is 37.2 Å². The van der Waals surface area contributed by atoms with Crippen LogP contribution in [0.1, 0.15) is 6.42 Å². The molecule has 1 aliphatic heterocycles. The molecule has 0 bridgehead atoms. The summed E-state index contributed by atoms with van der Waals surface area (Å²) < 4.78 is 21.8. The van der Waals surface area contributed by atoms with Gasteiger partial charge in [0.15, 0.2) is 9.84 Å². The third-order valence-electron chi connectivity index (χ3n) is 1.67. The number of hydrogen-bond donors (Lipinski definition) is 3. The maximum atomic E-state index is 10.9. The van der Waals surface area contributed by atoms with Gasteiger partial charge < -0.3 is 5.32 Å². The van der Waals surface area contributed by atoms with Crippen LogP contribution in [0.2, 0.25) is 0 Å². The van der Waals surface area contributed by atoms with Gasteiger partial charge in [0.1, 0.15) is 0 Å². The number of sulfone groups is 1. The van der Waals surface area contributed by atoms with Crippen molar-refractivity contribution in [2.45, 2.75) is 12.5 Å². The van der Waals surface area contributed by atoms with Gasteiger partial charge in [-0.15, -0.1) is 0 Å². The zero-order valence-corrected chi connectivity index (χ0v) is 7.10. The minimum absolute atomic E-state index is 0.0413. The minimum atomic E-state index is -2.97. The van der Waals surface area contributed by atoms with E-state index >= 15 is 0 Å². The molecule has 0 saturated carbocycles. The molecule has 70 valence electrons. The first-order valence-electron chi connectivity index (χ1n) is 3.44. The molecule has 7 heteroatoms. The Morgan fingerprint density at radius 3 is 2.58 bits per heavy atom. The maximum absolute atomic E-state index is 10.9. The van der Waals surface area contributed by atoms with Gasteiger partial charge in [0, 0.05) is 6.04 Å². The lowest BCUT2D eigenvalue weighted by atomic mass is 10.3. The van der Waals surface area contributed by atoms with Crippen molar-refractivity contribution in [3.05, 3.63) is 0 Å². The van der Waals surface area contributed by atoms with E-state index in [-0.39, 0.29) is 17.5 Å². The third kappa shape index (κ3) is 2.35. The van der Waals surface area contributed by atoms with Crippen LogP contribution in [0.3, 0.4) is 0 Å². The topological polar surface area (TPSA) is 95.5 Å². The molecule has 1 unspecified atom stereocenters. The summed E-state index contributed by atoms with van der Waals surface area (Å²) in [5.74, 6) is 0.0593.